The van der Waals surface area contributed by atoms with Crippen LogP contribution in [0.25, 0.3) is 11.2 Å². The minimum absolute atomic E-state index is 0.101. The number of fused-ring (bicyclic) bond motifs is 1. The molecule has 40 heavy (non-hydrogen) atoms. The molecule has 1 aliphatic rings. The van der Waals surface area contributed by atoms with Crippen molar-refractivity contribution in [1.82, 2.24) is 30.1 Å². The van der Waals surface area contributed by atoms with E-state index >= 15 is 0 Å². The number of imidazole rings is 1. The number of anilines is 1. The summed E-state index contributed by atoms with van der Waals surface area (Å²) >= 11 is 0. The zero-order valence-electron chi connectivity index (χ0n) is 23.1. The van der Waals surface area contributed by atoms with Gasteiger partial charge in [-0.15, -0.1) is 0 Å². The van der Waals surface area contributed by atoms with Crippen molar-refractivity contribution >= 4 is 36.7 Å². The second-order valence-electron chi connectivity index (χ2n) is 8.63. The van der Waals surface area contributed by atoms with Crippen molar-refractivity contribution in [3.8, 4) is 5.88 Å². The van der Waals surface area contributed by atoms with Crippen molar-refractivity contribution < 1.29 is 47.8 Å². The number of hydrogen-bond acceptors (Lipinski definition) is 14. The highest BCUT2D eigenvalue weighted by atomic mass is 31.2. The van der Waals surface area contributed by atoms with Gasteiger partial charge < -0.3 is 44.4 Å². The number of nitrogens with two attached hydrogens (primary N) is 1. The molecule has 4 atom stereocenters. The van der Waals surface area contributed by atoms with Crippen molar-refractivity contribution in [2.75, 3.05) is 52.9 Å². The van der Waals surface area contributed by atoms with Gasteiger partial charge in [-0.25, -0.2) is 15.2 Å². The summed E-state index contributed by atoms with van der Waals surface area (Å²) in [6, 6.07) is 0. The van der Waals surface area contributed by atoms with E-state index in [1.807, 2.05) is 0 Å². The van der Waals surface area contributed by atoms with Crippen LogP contribution in [0.1, 0.15) is 27.2 Å². The Morgan fingerprint density at radius 3 is 2.25 bits per heavy atom. The molecule has 7 N–H and O–H groups in total. The SMILES string of the molecule is CCOC(=O)CNP(=O)(NCC(=O)OCC)OCC(OC)C(O)[C@@]1(O)CC1C.COc1nc(N)nc2nc[nH]c12. The third-order valence-electron chi connectivity index (χ3n) is 5.85. The monoisotopic (exact) mass is 591 g/mol. The molecule has 0 saturated heterocycles. The third-order valence-corrected chi connectivity index (χ3v) is 7.51. The van der Waals surface area contributed by atoms with Crippen molar-refractivity contribution in [3.05, 3.63) is 6.33 Å². The summed E-state index contributed by atoms with van der Waals surface area (Å²) in [5.74, 6) is -0.848. The van der Waals surface area contributed by atoms with Gasteiger partial charge in [0.1, 0.15) is 30.8 Å². The van der Waals surface area contributed by atoms with Crippen LogP contribution in [0.4, 0.5) is 5.95 Å². The molecular weight excluding hydrogens is 553 g/mol. The Kier molecular flexibility index (Phi) is 12.6. The summed E-state index contributed by atoms with van der Waals surface area (Å²) in [6.45, 7) is 4.11. The van der Waals surface area contributed by atoms with Gasteiger partial charge in [0.15, 0.2) is 5.65 Å². The molecule has 1 aliphatic carbocycles. The Morgan fingerprint density at radius 1 is 1.20 bits per heavy atom. The lowest BCUT2D eigenvalue weighted by Gasteiger charge is -2.28. The molecule has 1 fully saturated rings. The van der Waals surface area contributed by atoms with Crippen molar-refractivity contribution in [1.29, 1.82) is 0 Å². The molecule has 1 saturated carbocycles. The fourth-order valence-electron chi connectivity index (χ4n) is 3.51. The molecule has 0 amide bonds. The topological polar surface area (TPSA) is 242 Å². The molecular formula is C22H38N7O10P. The second kappa shape index (κ2) is 15.2. The standard InChI is InChI=1S/C16H31N2O9P.C6H7N5O/c1-5-25-13(19)8-17-28(23,18-9-14(20)26-6-2)27-10-12(24-4)15(21)16(22)7-11(16)3;1-12-5-3-4(9-2-8-3)10-6(7)11-5/h11-12,15,21-22H,5-10H2,1-4H3,(H2,17,18,23);2H,1H3,(H3,7,8,9,10,11)/t11?,12?,15?,16-;/m1./s1. The van der Waals surface area contributed by atoms with Crippen LogP contribution in [0.15, 0.2) is 6.33 Å². The van der Waals surface area contributed by atoms with Gasteiger partial charge in [-0.2, -0.15) is 9.97 Å². The molecule has 0 aromatic carbocycles. The Labute approximate surface area is 231 Å². The van der Waals surface area contributed by atoms with Gasteiger partial charge in [-0.1, -0.05) is 6.92 Å². The van der Waals surface area contributed by atoms with E-state index in [-0.39, 0.29) is 31.7 Å². The number of carbonyl (C=O) groups excluding carboxylic acids is 2. The second-order valence-corrected chi connectivity index (χ2v) is 10.6. The van der Waals surface area contributed by atoms with Gasteiger partial charge in [0.05, 0.1) is 38.9 Å². The minimum atomic E-state index is -3.90. The predicted octanol–water partition coefficient (Wildman–Crippen LogP) is -0.493. The molecule has 0 spiro atoms. The van der Waals surface area contributed by atoms with Crippen molar-refractivity contribution in [2.24, 2.45) is 5.92 Å². The summed E-state index contributed by atoms with van der Waals surface area (Å²) in [5.41, 5.74) is 5.29. The number of methoxy groups -OCH3 is 2. The van der Waals surface area contributed by atoms with E-state index in [0.29, 0.717) is 23.5 Å². The number of nitrogen functional groups attached to an aromatic ring is 1. The summed E-state index contributed by atoms with van der Waals surface area (Å²) in [5, 5.41) is 25.4. The zero-order chi connectivity index (χ0) is 29.9. The summed E-state index contributed by atoms with van der Waals surface area (Å²) in [7, 11) is -1.07. The number of aliphatic hydroxyl groups is 2. The Balaban J connectivity index is 0.000000382. The van der Waals surface area contributed by atoms with E-state index in [2.05, 4.69) is 30.1 Å². The van der Waals surface area contributed by atoms with Crippen molar-refractivity contribution in [2.45, 2.75) is 45.0 Å². The maximum absolute atomic E-state index is 12.9. The quantitative estimate of drug-likeness (QED) is 0.113. The van der Waals surface area contributed by atoms with Crippen LogP contribution < -0.4 is 20.6 Å². The Morgan fingerprint density at radius 2 is 1.77 bits per heavy atom. The maximum Gasteiger partial charge on any atom is 0.341 e. The first kappa shape index (κ1) is 33.3. The van der Waals surface area contributed by atoms with E-state index in [9.17, 15) is 24.4 Å². The molecule has 3 unspecified atom stereocenters. The first-order valence-corrected chi connectivity index (χ1v) is 14.0. The first-order chi connectivity index (χ1) is 18.9. The van der Waals surface area contributed by atoms with Gasteiger partial charge in [0.2, 0.25) is 11.8 Å². The van der Waals surface area contributed by atoms with E-state index in [0.717, 1.165) is 0 Å². The van der Waals surface area contributed by atoms with Gasteiger partial charge in [0.25, 0.3) is 0 Å². The average molecular weight is 592 g/mol. The highest BCUT2D eigenvalue weighted by molar-refractivity contribution is 7.54. The molecule has 0 aliphatic heterocycles. The largest absolute Gasteiger partial charge is 0.479 e. The van der Waals surface area contributed by atoms with Crippen LogP contribution in [-0.2, 0) is 32.9 Å². The normalized spacial score (nSPS) is 19.7. The summed E-state index contributed by atoms with van der Waals surface area (Å²) in [4.78, 5) is 37.6. The number of hydrogen-bond donors (Lipinski definition) is 6. The van der Waals surface area contributed by atoms with E-state index in [4.69, 9.17) is 29.2 Å². The molecule has 2 heterocycles. The number of rotatable bonds is 15. The Hall–Kier alpha value is -2.92. The smallest absolute Gasteiger partial charge is 0.341 e. The van der Waals surface area contributed by atoms with Crippen LogP contribution in [0.3, 0.4) is 0 Å². The number of ether oxygens (including phenoxy) is 4. The van der Waals surface area contributed by atoms with Crippen LogP contribution in [-0.4, -0.2) is 107 Å². The molecule has 2 aromatic rings. The lowest BCUT2D eigenvalue weighted by atomic mass is 10.1. The number of nitrogens with zero attached hydrogens (tertiary/aromatic N) is 3. The van der Waals surface area contributed by atoms with Crippen LogP contribution in [0.5, 0.6) is 5.88 Å². The molecule has 3 rings (SSSR count). The first-order valence-electron chi connectivity index (χ1n) is 12.4. The fraction of sp³-hybridized carbons (Fsp3) is 0.682. The predicted molar refractivity (Wildman–Crippen MR) is 141 cm³/mol. The number of carbonyl (C=O) groups is 2. The lowest BCUT2D eigenvalue weighted by molar-refractivity contribution is -0.142. The van der Waals surface area contributed by atoms with Crippen LogP contribution in [0.2, 0.25) is 0 Å². The average Bonchev–Trinajstić information content (AvgIpc) is 3.29. The van der Waals surface area contributed by atoms with Crippen LogP contribution >= 0.6 is 7.67 Å². The summed E-state index contributed by atoms with van der Waals surface area (Å²) < 4.78 is 37.9. The number of aromatic amines is 1. The maximum atomic E-state index is 12.9. The van der Waals surface area contributed by atoms with E-state index < -0.39 is 50.5 Å². The third kappa shape index (κ3) is 9.33. The van der Waals surface area contributed by atoms with E-state index in [1.54, 1.807) is 20.8 Å². The number of nitrogens with one attached hydrogen (secondary N) is 3. The molecule has 2 aromatic heterocycles. The molecule has 226 valence electrons. The van der Waals surface area contributed by atoms with Crippen LogP contribution in [0, 0.1) is 5.92 Å². The number of aliphatic hydroxyl groups excluding tert-OH is 1. The van der Waals surface area contributed by atoms with Gasteiger partial charge in [-0.05, 0) is 26.2 Å². The highest BCUT2D eigenvalue weighted by Crippen LogP contribution is 2.47. The summed E-state index contributed by atoms with van der Waals surface area (Å²) in [6.07, 6.45) is -0.303. The molecule has 18 heteroatoms. The highest BCUT2D eigenvalue weighted by Gasteiger charge is 2.57. The number of esters is 2. The lowest BCUT2D eigenvalue weighted by Crippen LogP contribution is -2.44. The van der Waals surface area contributed by atoms with Gasteiger partial charge in [0, 0.05) is 7.11 Å². The number of H-pyrrole nitrogens is 1. The molecule has 0 radical (unpaired) electrons. The number of aromatic nitrogens is 4. The van der Waals surface area contributed by atoms with Crippen molar-refractivity contribution in [3.63, 3.8) is 0 Å². The molecule has 17 nitrogen and oxygen atoms in total. The Bertz CT molecular complexity index is 1140. The van der Waals surface area contributed by atoms with Gasteiger partial charge in [-0.3, -0.25) is 14.2 Å². The fourth-order valence-corrected chi connectivity index (χ4v) is 4.84. The van der Waals surface area contributed by atoms with Gasteiger partial charge >= 0.3 is 19.6 Å². The van der Waals surface area contributed by atoms with E-state index in [1.165, 1.54) is 20.5 Å². The zero-order valence-corrected chi connectivity index (χ0v) is 24.0. The minimum Gasteiger partial charge on any atom is -0.479 e. The molecule has 0 bridgehead atoms.